The summed E-state index contributed by atoms with van der Waals surface area (Å²) in [5.41, 5.74) is 2.22. The maximum absolute atomic E-state index is 12.3. The van der Waals surface area contributed by atoms with Gasteiger partial charge in [0.2, 0.25) is 15.9 Å². The van der Waals surface area contributed by atoms with Crippen LogP contribution in [-0.4, -0.2) is 42.7 Å². The third-order valence-electron chi connectivity index (χ3n) is 4.99. The number of rotatable bonds is 9. The lowest BCUT2D eigenvalue weighted by atomic mass is 10.2. The summed E-state index contributed by atoms with van der Waals surface area (Å²) in [4.78, 5) is 24.2. The number of carbonyl (C=O) groups is 2. The van der Waals surface area contributed by atoms with Crippen LogP contribution in [0.3, 0.4) is 0 Å². The van der Waals surface area contributed by atoms with Gasteiger partial charge in [-0.2, -0.15) is 5.10 Å². The van der Waals surface area contributed by atoms with Crippen molar-refractivity contribution in [3.8, 4) is 5.69 Å². The van der Waals surface area contributed by atoms with E-state index in [1.165, 1.54) is 18.2 Å². The molecule has 34 heavy (non-hydrogen) atoms. The number of aromatic nitrogens is 2. The standard InChI is InChI=1S/C24H24N4O5S/c1-2-33-24(30)22-15-16-28(26-22)20-10-8-18(9-11-20)25-23(29)14-5-17-3-12-21(13-4-17)34(31,32)27-19-6-7-19/h3-5,8-16,19,27H,2,6-7H2,1H3,(H,25,29)/b14-5+. The third-order valence-corrected chi connectivity index (χ3v) is 6.53. The number of nitrogens with one attached hydrogen (secondary N) is 2. The molecule has 0 radical (unpaired) electrons. The highest BCUT2D eigenvalue weighted by molar-refractivity contribution is 7.89. The summed E-state index contributed by atoms with van der Waals surface area (Å²) in [5.74, 6) is -0.813. The Morgan fingerprint density at radius 3 is 2.44 bits per heavy atom. The summed E-state index contributed by atoms with van der Waals surface area (Å²) in [6.07, 6.45) is 6.38. The number of carbonyl (C=O) groups excluding carboxylic acids is 2. The Kier molecular flexibility index (Phi) is 6.90. The van der Waals surface area contributed by atoms with Gasteiger partial charge >= 0.3 is 5.97 Å². The second-order valence-electron chi connectivity index (χ2n) is 7.70. The average molecular weight is 481 g/mol. The molecule has 1 amide bonds. The fourth-order valence-electron chi connectivity index (χ4n) is 3.08. The molecule has 1 aliphatic rings. The molecule has 0 unspecified atom stereocenters. The molecule has 10 heteroatoms. The Labute approximate surface area is 197 Å². The molecule has 1 saturated carbocycles. The van der Waals surface area contributed by atoms with Crippen molar-refractivity contribution in [3.63, 3.8) is 0 Å². The quantitative estimate of drug-likeness (QED) is 0.359. The number of hydrogen-bond donors (Lipinski definition) is 2. The third kappa shape index (κ3) is 5.97. The molecule has 0 spiro atoms. The van der Waals surface area contributed by atoms with E-state index in [9.17, 15) is 18.0 Å². The van der Waals surface area contributed by atoms with E-state index >= 15 is 0 Å². The fraction of sp³-hybridized carbons (Fsp3) is 0.208. The highest BCUT2D eigenvalue weighted by Gasteiger charge is 2.27. The second-order valence-corrected chi connectivity index (χ2v) is 9.41. The molecule has 1 heterocycles. The van der Waals surface area contributed by atoms with Crippen molar-refractivity contribution < 1.29 is 22.7 Å². The van der Waals surface area contributed by atoms with Crippen molar-refractivity contribution >= 4 is 33.7 Å². The van der Waals surface area contributed by atoms with Gasteiger partial charge in [0.15, 0.2) is 5.69 Å². The van der Waals surface area contributed by atoms with Gasteiger partial charge in [0, 0.05) is 24.0 Å². The molecule has 1 fully saturated rings. The molecule has 2 aromatic carbocycles. The number of esters is 1. The highest BCUT2D eigenvalue weighted by Crippen LogP contribution is 2.22. The SMILES string of the molecule is CCOC(=O)c1ccn(-c2ccc(NC(=O)/C=C/c3ccc(S(=O)(=O)NC4CC4)cc3)cc2)n1. The number of ether oxygens (including phenoxy) is 1. The van der Waals surface area contributed by atoms with E-state index < -0.39 is 16.0 Å². The van der Waals surface area contributed by atoms with Crippen LogP contribution in [0.5, 0.6) is 0 Å². The van der Waals surface area contributed by atoms with E-state index in [4.69, 9.17) is 4.74 Å². The number of amides is 1. The normalized spacial score (nSPS) is 13.7. The van der Waals surface area contributed by atoms with E-state index in [0.29, 0.717) is 11.3 Å². The van der Waals surface area contributed by atoms with E-state index in [2.05, 4.69) is 15.1 Å². The van der Waals surface area contributed by atoms with Gasteiger partial charge in [0.25, 0.3) is 0 Å². The van der Waals surface area contributed by atoms with Gasteiger partial charge in [0.1, 0.15) is 0 Å². The summed E-state index contributed by atoms with van der Waals surface area (Å²) in [7, 11) is -3.50. The van der Waals surface area contributed by atoms with Gasteiger partial charge in [-0.25, -0.2) is 22.6 Å². The molecule has 0 bridgehead atoms. The first-order chi connectivity index (χ1) is 16.3. The van der Waals surface area contributed by atoms with Crippen LogP contribution in [0.2, 0.25) is 0 Å². The second kappa shape index (κ2) is 10.0. The number of hydrogen-bond acceptors (Lipinski definition) is 6. The van der Waals surface area contributed by atoms with Gasteiger partial charge in [-0.3, -0.25) is 4.79 Å². The summed E-state index contributed by atoms with van der Waals surface area (Å²) in [5, 5.41) is 6.95. The molecule has 9 nitrogen and oxygen atoms in total. The Hall–Kier alpha value is -3.76. The van der Waals surface area contributed by atoms with E-state index in [-0.39, 0.29) is 29.1 Å². The van der Waals surface area contributed by atoms with Crippen LogP contribution in [0.1, 0.15) is 35.8 Å². The number of benzene rings is 2. The summed E-state index contributed by atoms with van der Waals surface area (Å²) in [6, 6.07) is 14.9. The van der Waals surface area contributed by atoms with E-state index in [1.807, 2.05) is 0 Å². The summed E-state index contributed by atoms with van der Waals surface area (Å²) in [6.45, 7) is 2.01. The molecule has 4 rings (SSSR count). The van der Waals surface area contributed by atoms with Crippen LogP contribution in [0.25, 0.3) is 11.8 Å². The van der Waals surface area contributed by atoms with Crippen molar-refractivity contribution in [2.75, 3.05) is 11.9 Å². The van der Waals surface area contributed by atoms with E-state index in [0.717, 1.165) is 18.5 Å². The minimum absolute atomic E-state index is 0.0453. The van der Waals surface area contributed by atoms with Gasteiger partial charge in [-0.15, -0.1) is 0 Å². The number of nitrogens with zero attached hydrogens (tertiary/aromatic N) is 2. The lowest BCUT2D eigenvalue weighted by molar-refractivity contribution is -0.111. The van der Waals surface area contributed by atoms with Crippen LogP contribution < -0.4 is 10.0 Å². The maximum atomic E-state index is 12.3. The van der Waals surface area contributed by atoms with Crippen molar-refractivity contribution in [2.45, 2.75) is 30.7 Å². The zero-order chi connectivity index (χ0) is 24.1. The predicted octanol–water partition coefficient (Wildman–Crippen LogP) is 3.14. The molecule has 0 aliphatic heterocycles. The summed E-state index contributed by atoms with van der Waals surface area (Å²) >= 11 is 0. The fourth-order valence-corrected chi connectivity index (χ4v) is 4.39. The van der Waals surface area contributed by atoms with Crippen LogP contribution in [0.15, 0.2) is 71.8 Å². The van der Waals surface area contributed by atoms with E-state index in [1.54, 1.807) is 66.3 Å². The molecule has 0 atom stereocenters. The molecule has 2 N–H and O–H groups in total. The van der Waals surface area contributed by atoms with Gasteiger partial charge < -0.3 is 10.1 Å². The minimum atomic E-state index is -3.50. The molecular formula is C24H24N4O5S. The van der Waals surface area contributed by atoms with Crippen molar-refractivity contribution in [2.24, 2.45) is 0 Å². The maximum Gasteiger partial charge on any atom is 0.358 e. The van der Waals surface area contributed by atoms with Crippen LogP contribution in [-0.2, 0) is 19.6 Å². The van der Waals surface area contributed by atoms with Gasteiger partial charge in [0.05, 0.1) is 17.2 Å². The Bertz CT molecular complexity index is 1310. The van der Waals surface area contributed by atoms with Crippen molar-refractivity contribution in [1.29, 1.82) is 0 Å². The van der Waals surface area contributed by atoms with Crippen LogP contribution in [0.4, 0.5) is 5.69 Å². The van der Waals surface area contributed by atoms with Gasteiger partial charge in [-0.05, 0) is 73.9 Å². The lowest BCUT2D eigenvalue weighted by Crippen LogP contribution is -2.25. The molecule has 176 valence electrons. The number of sulfonamides is 1. The predicted molar refractivity (Wildman–Crippen MR) is 127 cm³/mol. The Balaban J connectivity index is 1.33. The molecule has 0 saturated heterocycles. The summed E-state index contributed by atoms with van der Waals surface area (Å²) < 4.78 is 33.5. The van der Waals surface area contributed by atoms with Crippen LogP contribution >= 0.6 is 0 Å². The first-order valence-electron chi connectivity index (χ1n) is 10.8. The molecular weight excluding hydrogens is 456 g/mol. The Morgan fingerprint density at radius 1 is 1.09 bits per heavy atom. The lowest BCUT2D eigenvalue weighted by Gasteiger charge is -2.06. The Morgan fingerprint density at radius 2 is 1.79 bits per heavy atom. The highest BCUT2D eigenvalue weighted by atomic mass is 32.2. The van der Waals surface area contributed by atoms with Crippen LogP contribution in [0, 0.1) is 0 Å². The largest absolute Gasteiger partial charge is 0.461 e. The monoisotopic (exact) mass is 480 g/mol. The first kappa shape index (κ1) is 23.4. The smallest absolute Gasteiger partial charge is 0.358 e. The molecule has 1 aliphatic carbocycles. The van der Waals surface area contributed by atoms with Gasteiger partial charge in [-0.1, -0.05) is 12.1 Å². The zero-order valence-electron chi connectivity index (χ0n) is 18.5. The number of anilines is 1. The molecule has 1 aromatic heterocycles. The minimum Gasteiger partial charge on any atom is -0.461 e. The first-order valence-corrected chi connectivity index (χ1v) is 12.3. The van der Waals surface area contributed by atoms with Crippen molar-refractivity contribution in [3.05, 3.63) is 78.1 Å². The zero-order valence-corrected chi connectivity index (χ0v) is 19.3. The van der Waals surface area contributed by atoms with Crippen molar-refractivity contribution in [1.82, 2.24) is 14.5 Å². The molecule has 3 aromatic rings. The topological polar surface area (TPSA) is 119 Å². The average Bonchev–Trinajstić information content (AvgIpc) is 3.48.